The zero-order valence-electron chi connectivity index (χ0n) is 8.49. The van der Waals surface area contributed by atoms with Crippen LogP contribution in [0, 0.1) is 0 Å². The molecule has 13 heavy (non-hydrogen) atoms. The highest BCUT2D eigenvalue weighted by Gasteiger charge is 2.11. The third-order valence-electron chi connectivity index (χ3n) is 1.92. The maximum Gasteiger partial charge on any atom is 0.317 e. The van der Waals surface area contributed by atoms with Crippen LogP contribution >= 0.6 is 0 Å². The molecule has 0 aromatic heterocycles. The summed E-state index contributed by atoms with van der Waals surface area (Å²) in [6, 6.07) is 0.293. The summed E-state index contributed by atoms with van der Waals surface area (Å²) in [5, 5.41) is 8.63. The molecular formula is C10H19NO2. The lowest BCUT2D eigenvalue weighted by Crippen LogP contribution is -2.36. The van der Waals surface area contributed by atoms with Crippen LogP contribution < -0.4 is 0 Å². The summed E-state index contributed by atoms with van der Waals surface area (Å²) in [4.78, 5) is 12.4. The van der Waals surface area contributed by atoms with Crippen molar-refractivity contribution in [2.24, 2.45) is 0 Å². The number of carboxylic acid groups (broad SMARTS) is 1. The molecule has 0 saturated carbocycles. The van der Waals surface area contributed by atoms with E-state index in [2.05, 4.69) is 6.58 Å². The second-order valence-corrected chi connectivity index (χ2v) is 3.39. The average molecular weight is 185 g/mol. The van der Waals surface area contributed by atoms with Gasteiger partial charge in [-0.15, -0.1) is 6.58 Å². The molecule has 0 aliphatic carbocycles. The average Bonchev–Trinajstić information content (AvgIpc) is 2.02. The molecule has 0 fully saturated rings. The van der Waals surface area contributed by atoms with Crippen molar-refractivity contribution in [1.82, 2.24) is 4.90 Å². The van der Waals surface area contributed by atoms with Crippen molar-refractivity contribution in [3.63, 3.8) is 0 Å². The normalized spacial score (nSPS) is 10.8. The Hall–Kier alpha value is -0.830. The molecule has 1 N–H and O–H groups in total. The van der Waals surface area contributed by atoms with Crippen molar-refractivity contribution < 1.29 is 9.90 Å². The zero-order chi connectivity index (χ0) is 10.3. The second kappa shape index (κ2) is 6.66. The van der Waals surface area contributed by atoms with Gasteiger partial charge in [-0.05, 0) is 33.2 Å². The van der Waals surface area contributed by atoms with Gasteiger partial charge in [0, 0.05) is 6.04 Å². The van der Waals surface area contributed by atoms with Gasteiger partial charge in [0.05, 0.1) is 6.54 Å². The van der Waals surface area contributed by atoms with E-state index in [1.165, 1.54) is 0 Å². The van der Waals surface area contributed by atoms with E-state index in [1.54, 1.807) is 0 Å². The van der Waals surface area contributed by atoms with Crippen molar-refractivity contribution >= 4 is 5.97 Å². The largest absolute Gasteiger partial charge is 0.480 e. The molecule has 0 bridgehead atoms. The minimum atomic E-state index is -0.757. The molecule has 0 rings (SSSR count). The Morgan fingerprint density at radius 3 is 2.62 bits per heavy atom. The van der Waals surface area contributed by atoms with Crippen LogP contribution in [0.3, 0.4) is 0 Å². The first-order chi connectivity index (χ1) is 6.07. The molecule has 0 aromatic rings. The van der Waals surface area contributed by atoms with Crippen molar-refractivity contribution in [3.8, 4) is 0 Å². The van der Waals surface area contributed by atoms with E-state index in [4.69, 9.17) is 5.11 Å². The second-order valence-electron chi connectivity index (χ2n) is 3.39. The lowest BCUT2D eigenvalue weighted by molar-refractivity contribution is -0.138. The van der Waals surface area contributed by atoms with Crippen LogP contribution in [0.5, 0.6) is 0 Å². The Morgan fingerprint density at radius 1 is 1.62 bits per heavy atom. The number of hydrogen-bond acceptors (Lipinski definition) is 2. The summed E-state index contributed by atoms with van der Waals surface area (Å²) in [5.41, 5.74) is 0. The van der Waals surface area contributed by atoms with Crippen LogP contribution in [-0.4, -0.2) is 35.1 Å². The topological polar surface area (TPSA) is 40.5 Å². The summed E-state index contributed by atoms with van der Waals surface area (Å²) in [7, 11) is 0. The lowest BCUT2D eigenvalue weighted by Gasteiger charge is -2.23. The van der Waals surface area contributed by atoms with Gasteiger partial charge in [-0.25, -0.2) is 0 Å². The van der Waals surface area contributed by atoms with Gasteiger partial charge >= 0.3 is 5.97 Å². The lowest BCUT2D eigenvalue weighted by atomic mass is 10.2. The molecule has 0 aliphatic rings. The van der Waals surface area contributed by atoms with Gasteiger partial charge in [0.25, 0.3) is 0 Å². The highest BCUT2D eigenvalue weighted by molar-refractivity contribution is 5.69. The Balaban J connectivity index is 3.80. The Labute approximate surface area is 80.0 Å². The summed E-state index contributed by atoms with van der Waals surface area (Å²) in [6.07, 6.45) is 3.79. The fourth-order valence-electron chi connectivity index (χ4n) is 1.13. The Morgan fingerprint density at radius 2 is 2.23 bits per heavy atom. The maximum absolute atomic E-state index is 10.5. The third kappa shape index (κ3) is 6.34. The van der Waals surface area contributed by atoms with E-state index in [-0.39, 0.29) is 6.54 Å². The Bertz CT molecular complexity index is 166. The standard InChI is InChI=1S/C10H19NO2/c1-4-5-6-7-11(9(2)3)8-10(12)13/h4,9H,1,5-8H2,2-3H3,(H,12,13). The monoisotopic (exact) mass is 185 g/mol. The number of hydrogen-bond donors (Lipinski definition) is 1. The first-order valence-electron chi connectivity index (χ1n) is 4.64. The quantitative estimate of drug-likeness (QED) is 0.485. The van der Waals surface area contributed by atoms with Gasteiger partial charge in [-0.2, -0.15) is 0 Å². The first-order valence-corrected chi connectivity index (χ1v) is 4.64. The van der Waals surface area contributed by atoms with E-state index in [0.29, 0.717) is 6.04 Å². The van der Waals surface area contributed by atoms with Gasteiger partial charge in [0.2, 0.25) is 0 Å². The molecule has 0 heterocycles. The molecule has 0 aliphatic heterocycles. The van der Waals surface area contributed by atoms with E-state index < -0.39 is 5.97 Å². The molecule has 0 unspecified atom stereocenters. The van der Waals surface area contributed by atoms with Crippen molar-refractivity contribution in [3.05, 3.63) is 12.7 Å². The zero-order valence-corrected chi connectivity index (χ0v) is 8.49. The van der Waals surface area contributed by atoms with Crippen molar-refractivity contribution in [2.45, 2.75) is 32.7 Å². The molecule has 0 saturated heterocycles. The van der Waals surface area contributed by atoms with E-state index in [1.807, 2.05) is 24.8 Å². The van der Waals surface area contributed by atoms with Crippen LogP contribution in [0.2, 0.25) is 0 Å². The summed E-state index contributed by atoms with van der Waals surface area (Å²) in [6.45, 7) is 8.61. The highest BCUT2D eigenvalue weighted by Crippen LogP contribution is 2.01. The van der Waals surface area contributed by atoms with Gasteiger partial charge < -0.3 is 5.11 Å². The molecule has 0 spiro atoms. The van der Waals surface area contributed by atoms with E-state index >= 15 is 0 Å². The fraction of sp³-hybridized carbons (Fsp3) is 0.700. The van der Waals surface area contributed by atoms with Crippen LogP contribution in [0.4, 0.5) is 0 Å². The minimum Gasteiger partial charge on any atom is -0.480 e. The molecular weight excluding hydrogens is 166 g/mol. The first kappa shape index (κ1) is 12.2. The third-order valence-corrected chi connectivity index (χ3v) is 1.92. The fourth-order valence-corrected chi connectivity index (χ4v) is 1.13. The smallest absolute Gasteiger partial charge is 0.317 e. The van der Waals surface area contributed by atoms with Gasteiger partial charge in [-0.3, -0.25) is 9.69 Å². The maximum atomic E-state index is 10.5. The number of aliphatic carboxylic acids is 1. The molecule has 76 valence electrons. The SMILES string of the molecule is C=CCCCN(CC(=O)O)C(C)C. The number of rotatable bonds is 7. The number of allylic oxidation sites excluding steroid dienone is 1. The molecule has 0 amide bonds. The number of unbranched alkanes of at least 4 members (excludes halogenated alkanes) is 1. The summed E-state index contributed by atoms with van der Waals surface area (Å²) < 4.78 is 0. The molecule has 0 radical (unpaired) electrons. The van der Waals surface area contributed by atoms with Crippen molar-refractivity contribution in [1.29, 1.82) is 0 Å². The van der Waals surface area contributed by atoms with Gasteiger partial charge in [-0.1, -0.05) is 6.08 Å². The molecule has 3 heteroatoms. The van der Waals surface area contributed by atoms with E-state index in [9.17, 15) is 4.79 Å². The van der Waals surface area contributed by atoms with Crippen molar-refractivity contribution in [2.75, 3.05) is 13.1 Å². The summed E-state index contributed by atoms with van der Waals surface area (Å²) in [5.74, 6) is -0.757. The van der Waals surface area contributed by atoms with Crippen LogP contribution in [0.25, 0.3) is 0 Å². The van der Waals surface area contributed by atoms with Crippen LogP contribution in [0.15, 0.2) is 12.7 Å². The summed E-state index contributed by atoms with van der Waals surface area (Å²) >= 11 is 0. The van der Waals surface area contributed by atoms with Gasteiger partial charge in [0.1, 0.15) is 0 Å². The predicted molar refractivity (Wildman–Crippen MR) is 53.8 cm³/mol. The van der Waals surface area contributed by atoms with E-state index in [0.717, 1.165) is 19.4 Å². The van der Waals surface area contributed by atoms with Crippen LogP contribution in [0.1, 0.15) is 26.7 Å². The highest BCUT2D eigenvalue weighted by atomic mass is 16.4. The predicted octanol–water partition coefficient (Wildman–Crippen LogP) is 1.75. The number of nitrogens with zero attached hydrogens (tertiary/aromatic N) is 1. The molecule has 3 nitrogen and oxygen atoms in total. The number of carbonyl (C=O) groups is 1. The molecule has 0 aromatic carbocycles. The molecule has 0 atom stereocenters. The van der Waals surface area contributed by atoms with Crippen LogP contribution in [-0.2, 0) is 4.79 Å². The minimum absolute atomic E-state index is 0.134. The van der Waals surface area contributed by atoms with Gasteiger partial charge in [0.15, 0.2) is 0 Å². The number of carboxylic acids is 1. The Kier molecular flexibility index (Phi) is 6.24.